The summed E-state index contributed by atoms with van der Waals surface area (Å²) in [5.41, 5.74) is 2.58. The van der Waals surface area contributed by atoms with E-state index >= 15 is 0 Å². The number of carbonyl (C=O) groups excluding carboxylic acids is 1. The van der Waals surface area contributed by atoms with Gasteiger partial charge in [0.25, 0.3) is 5.91 Å². The lowest BCUT2D eigenvalue weighted by molar-refractivity contribution is 0.0719. The monoisotopic (exact) mass is 448 g/mol. The Morgan fingerprint density at radius 2 is 1.82 bits per heavy atom. The van der Waals surface area contributed by atoms with E-state index in [4.69, 9.17) is 9.15 Å². The van der Waals surface area contributed by atoms with Crippen LogP contribution in [0.1, 0.15) is 60.5 Å². The third-order valence-corrected chi connectivity index (χ3v) is 6.64. The quantitative estimate of drug-likeness (QED) is 0.477. The second-order valence-corrected chi connectivity index (χ2v) is 8.38. The molecule has 0 aliphatic carbocycles. The minimum Gasteiger partial charge on any atom is -0.496 e. The Kier molecular flexibility index (Phi) is 6.84. The molecule has 0 spiro atoms. The van der Waals surface area contributed by atoms with Crippen LogP contribution in [0.4, 0.5) is 0 Å². The van der Waals surface area contributed by atoms with E-state index < -0.39 is 6.04 Å². The van der Waals surface area contributed by atoms with Crippen molar-refractivity contribution in [3.8, 4) is 5.75 Å². The molecular weight excluding hydrogens is 416 g/mol. The number of fused-ring (bicyclic) bond motifs is 2. The van der Waals surface area contributed by atoms with E-state index in [2.05, 4.69) is 25.7 Å². The molecule has 2 heterocycles. The van der Waals surface area contributed by atoms with Gasteiger partial charge >= 0.3 is 0 Å². The maximum absolute atomic E-state index is 13.7. The van der Waals surface area contributed by atoms with Crippen LogP contribution in [0.15, 0.2) is 51.7 Å². The maximum atomic E-state index is 13.7. The van der Waals surface area contributed by atoms with E-state index in [0.717, 1.165) is 43.6 Å². The summed E-state index contributed by atoms with van der Waals surface area (Å²) in [6.45, 7) is 9.66. The Morgan fingerprint density at radius 1 is 1.06 bits per heavy atom. The first-order valence-electron chi connectivity index (χ1n) is 11.8. The van der Waals surface area contributed by atoms with Gasteiger partial charge in [0, 0.05) is 12.1 Å². The number of rotatable bonds is 9. The zero-order valence-corrected chi connectivity index (χ0v) is 19.9. The van der Waals surface area contributed by atoms with Gasteiger partial charge in [-0.25, -0.2) is 0 Å². The van der Waals surface area contributed by atoms with Crippen molar-refractivity contribution in [3.63, 3.8) is 0 Å². The SMILES string of the molecule is CCc1ccc2oc3c(c(=O)c2c1)C(c1ccccc1OC)N(CCCN(CC)CC)C3=O. The first kappa shape index (κ1) is 23.1. The zero-order valence-electron chi connectivity index (χ0n) is 19.9. The van der Waals surface area contributed by atoms with Crippen LogP contribution >= 0.6 is 0 Å². The number of carbonyl (C=O) groups is 1. The maximum Gasteiger partial charge on any atom is 0.290 e. The topological polar surface area (TPSA) is 63.0 Å². The minimum atomic E-state index is -0.536. The van der Waals surface area contributed by atoms with Crippen LogP contribution in [-0.4, -0.2) is 49.0 Å². The number of hydrogen-bond donors (Lipinski definition) is 0. The molecule has 33 heavy (non-hydrogen) atoms. The molecular formula is C27H32N2O4. The first-order chi connectivity index (χ1) is 16.0. The third kappa shape index (κ3) is 4.15. The van der Waals surface area contributed by atoms with E-state index in [1.165, 1.54) is 0 Å². The van der Waals surface area contributed by atoms with E-state index in [-0.39, 0.29) is 17.1 Å². The summed E-state index contributed by atoms with van der Waals surface area (Å²) in [5.74, 6) is 0.563. The molecule has 6 nitrogen and oxygen atoms in total. The molecule has 0 saturated heterocycles. The Bertz CT molecular complexity index is 1210. The fourth-order valence-electron chi connectivity index (χ4n) is 4.74. The molecule has 0 radical (unpaired) electrons. The second kappa shape index (κ2) is 9.79. The highest BCUT2D eigenvalue weighted by Gasteiger charge is 2.43. The summed E-state index contributed by atoms with van der Waals surface area (Å²) < 4.78 is 11.7. The van der Waals surface area contributed by atoms with Gasteiger partial charge in [-0.05, 0) is 56.2 Å². The smallest absolute Gasteiger partial charge is 0.290 e. The molecule has 1 aliphatic heterocycles. The number of nitrogens with zero attached hydrogens (tertiary/aromatic N) is 2. The fourth-order valence-corrected chi connectivity index (χ4v) is 4.74. The summed E-state index contributed by atoms with van der Waals surface area (Å²) in [6.07, 6.45) is 1.62. The standard InChI is InChI=1S/C27H32N2O4/c1-5-18-13-14-22-20(17-18)25(30)23-24(19-11-8-9-12-21(19)32-4)29(27(31)26(23)33-22)16-10-15-28(6-2)7-3/h8-9,11-14,17,24H,5-7,10,15-16H2,1-4H3. The first-order valence-corrected chi connectivity index (χ1v) is 11.8. The van der Waals surface area contributed by atoms with Gasteiger partial charge in [-0.2, -0.15) is 0 Å². The molecule has 174 valence electrons. The van der Waals surface area contributed by atoms with E-state index in [9.17, 15) is 9.59 Å². The van der Waals surface area contributed by atoms with E-state index in [1.807, 2.05) is 36.4 Å². The number of aryl methyl sites for hydroxylation is 1. The highest BCUT2D eigenvalue weighted by Crippen LogP contribution is 2.41. The molecule has 0 N–H and O–H groups in total. The molecule has 1 aliphatic rings. The molecule has 3 aromatic rings. The van der Waals surface area contributed by atoms with Crippen LogP contribution in [0.2, 0.25) is 0 Å². The predicted molar refractivity (Wildman–Crippen MR) is 130 cm³/mol. The van der Waals surface area contributed by atoms with Crippen molar-refractivity contribution < 1.29 is 13.9 Å². The Morgan fingerprint density at radius 3 is 2.52 bits per heavy atom. The van der Waals surface area contributed by atoms with E-state index in [1.54, 1.807) is 18.1 Å². The highest BCUT2D eigenvalue weighted by atomic mass is 16.5. The van der Waals surface area contributed by atoms with Crippen LogP contribution in [0.5, 0.6) is 5.75 Å². The fraction of sp³-hybridized carbons (Fsp3) is 0.407. The largest absolute Gasteiger partial charge is 0.496 e. The highest BCUT2D eigenvalue weighted by molar-refractivity contribution is 5.99. The van der Waals surface area contributed by atoms with Crippen LogP contribution in [-0.2, 0) is 6.42 Å². The van der Waals surface area contributed by atoms with Crippen LogP contribution in [0, 0.1) is 0 Å². The van der Waals surface area contributed by atoms with Gasteiger partial charge in [0.05, 0.1) is 24.1 Å². The van der Waals surface area contributed by atoms with Crippen molar-refractivity contribution in [2.75, 3.05) is 33.3 Å². The average molecular weight is 449 g/mol. The number of para-hydroxylation sites is 1. The number of hydrogen-bond acceptors (Lipinski definition) is 5. The zero-order chi connectivity index (χ0) is 23.5. The van der Waals surface area contributed by atoms with Gasteiger partial charge < -0.3 is 19.0 Å². The van der Waals surface area contributed by atoms with Gasteiger partial charge in [0.15, 0.2) is 5.43 Å². The van der Waals surface area contributed by atoms with E-state index in [0.29, 0.717) is 28.8 Å². The van der Waals surface area contributed by atoms with Gasteiger partial charge in [-0.1, -0.05) is 45.0 Å². The Hall–Kier alpha value is -3.12. The van der Waals surface area contributed by atoms with Crippen molar-refractivity contribution >= 4 is 16.9 Å². The van der Waals surface area contributed by atoms with Crippen molar-refractivity contribution in [1.82, 2.24) is 9.80 Å². The lowest BCUT2D eigenvalue weighted by Crippen LogP contribution is -2.33. The number of ether oxygens (including phenoxy) is 1. The van der Waals surface area contributed by atoms with Crippen LogP contribution in [0.25, 0.3) is 11.0 Å². The molecule has 1 unspecified atom stereocenters. The Balaban J connectivity index is 1.84. The minimum absolute atomic E-state index is 0.142. The van der Waals surface area contributed by atoms with Gasteiger partial charge in [0.1, 0.15) is 11.3 Å². The summed E-state index contributed by atoms with van der Waals surface area (Å²) >= 11 is 0. The summed E-state index contributed by atoms with van der Waals surface area (Å²) in [6, 6.07) is 12.7. The lowest BCUT2D eigenvalue weighted by Gasteiger charge is -2.27. The lowest BCUT2D eigenvalue weighted by atomic mass is 9.97. The number of methoxy groups -OCH3 is 1. The number of benzene rings is 2. The molecule has 1 aromatic heterocycles. The van der Waals surface area contributed by atoms with Crippen molar-refractivity contribution in [1.29, 1.82) is 0 Å². The molecule has 0 fully saturated rings. The van der Waals surface area contributed by atoms with Crippen LogP contribution in [0.3, 0.4) is 0 Å². The average Bonchev–Trinajstić information content (AvgIpc) is 3.13. The molecule has 1 amide bonds. The van der Waals surface area contributed by atoms with Crippen molar-refractivity contribution in [2.45, 2.75) is 39.7 Å². The van der Waals surface area contributed by atoms with Crippen LogP contribution < -0.4 is 10.2 Å². The molecule has 0 bridgehead atoms. The summed E-state index contributed by atoms with van der Waals surface area (Å²) in [5, 5.41) is 0.519. The van der Waals surface area contributed by atoms with Gasteiger partial charge in [0.2, 0.25) is 5.76 Å². The molecule has 1 atom stereocenters. The molecule has 6 heteroatoms. The normalized spacial score (nSPS) is 15.5. The summed E-state index contributed by atoms with van der Waals surface area (Å²) in [7, 11) is 1.61. The van der Waals surface area contributed by atoms with Gasteiger partial charge in [-0.15, -0.1) is 0 Å². The predicted octanol–water partition coefficient (Wildman–Crippen LogP) is 4.64. The molecule has 0 saturated carbocycles. The number of amides is 1. The van der Waals surface area contributed by atoms with Crippen molar-refractivity contribution in [3.05, 3.63) is 75.1 Å². The molecule has 2 aromatic carbocycles. The second-order valence-electron chi connectivity index (χ2n) is 8.38. The van der Waals surface area contributed by atoms with Gasteiger partial charge in [-0.3, -0.25) is 9.59 Å². The Labute approximate surface area is 194 Å². The van der Waals surface area contributed by atoms with Crippen molar-refractivity contribution in [2.24, 2.45) is 0 Å². The third-order valence-electron chi connectivity index (χ3n) is 6.64. The summed E-state index contributed by atoms with van der Waals surface area (Å²) in [4.78, 5) is 31.4. The molecule has 4 rings (SSSR count).